The van der Waals surface area contributed by atoms with Crippen LogP contribution in [0.5, 0.6) is 0 Å². The molecule has 0 saturated heterocycles. The number of rotatable bonds is 3. The first-order valence-electron chi connectivity index (χ1n) is 9.07. The van der Waals surface area contributed by atoms with Gasteiger partial charge >= 0.3 is 6.09 Å². The summed E-state index contributed by atoms with van der Waals surface area (Å²) in [5.41, 5.74) is 3.50. The molecule has 1 aliphatic rings. The number of benzene rings is 1. The van der Waals surface area contributed by atoms with E-state index in [-0.39, 0.29) is 16.4 Å². The largest absolute Gasteiger partial charge is 0.450 e. The standard InChI is InChI=1S/C19H18N4O4S2/c1-2-27-19(26)22-9-8-12-13(10-22)29-16-14(12)17(25)23(18(28)20-16)21-15(24)11-6-4-3-5-7-11/h3-7H,2,8-10H2,1H3,(H,20,28)(H,21,24). The second kappa shape index (κ2) is 7.80. The molecule has 0 atom stereocenters. The zero-order chi connectivity index (χ0) is 20.5. The molecular weight excluding hydrogens is 412 g/mol. The Kier molecular flexibility index (Phi) is 5.20. The van der Waals surface area contributed by atoms with Crippen molar-refractivity contribution in [3.8, 4) is 0 Å². The minimum Gasteiger partial charge on any atom is -0.450 e. The predicted molar refractivity (Wildman–Crippen MR) is 113 cm³/mol. The van der Waals surface area contributed by atoms with Gasteiger partial charge in [0.2, 0.25) is 4.77 Å². The molecule has 150 valence electrons. The summed E-state index contributed by atoms with van der Waals surface area (Å²) in [4.78, 5) is 43.8. The Morgan fingerprint density at radius 3 is 2.79 bits per heavy atom. The molecule has 0 aliphatic carbocycles. The number of nitrogens with zero attached hydrogens (tertiary/aromatic N) is 2. The maximum atomic E-state index is 13.1. The molecule has 0 spiro atoms. The molecule has 8 nitrogen and oxygen atoms in total. The number of aromatic nitrogens is 2. The lowest BCUT2D eigenvalue weighted by molar-refractivity contribution is 0.100. The third kappa shape index (κ3) is 3.56. The average Bonchev–Trinajstić information content (AvgIpc) is 3.09. The molecule has 0 radical (unpaired) electrons. The van der Waals surface area contributed by atoms with E-state index in [4.69, 9.17) is 17.0 Å². The number of ether oxygens (including phenoxy) is 1. The summed E-state index contributed by atoms with van der Waals surface area (Å²) in [5.74, 6) is -0.427. The lowest BCUT2D eigenvalue weighted by atomic mass is 10.1. The van der Waals surface area contributed by atoms with Gasteiger partial charge in [-0.1, -0.05) is 18.2 Å². The summed E-state index contributed by atoms with van der Waals surface area (Å²) < 4.78 is 6.24. The lowest BCUT2D eigenvalue weighted by Crippen LogP contribution is -2.37. The van der Waals surface area contributed by atoms with E-state index in [1.165, 1.54) is 11.3 Å². The summed E-state index contributed by atoms with van der Waals surface area (Å²) in [6.07, 6.45) is 0.164. The fourth-order valence-corrected chi connectivity index (χ4v) is 4.85. The van der Waals surface area contributed by atoms with Crippen molar-refractivity contribution in [2.75, 3.05) is 18.6 Å². The molecule has 29 heavy (non-hydrogen) atoms. The molecule has 2 aromatic heterocycles. The number of carbonyl (C=O) groups is 2. The molecule has 3 aromatic rings. The first kappa shape index (κ1) is 19.3. The van der Waals surface area contributed by atoms with Crippen molar-refractivity contribution >= 4 is 45.8 Å². The fraction of sp³-hybridized carbons (Fsp3) is 0.263. The highest BCUT2D eigenvalue weighted by molar-refractivity contribution is 7.71. The van der Waals surface area contributed by atoms with Crippen LogP contribution >= 0.6 is 23.6 Å². The van der Waals surface area contributed by atoms with Crippen LogP contribution in [-0.4, -0.2) is 39.7 Å². The summed E-state index contributed by atoms with van der Waals surface area (Å²) >= 11 is 6.68. The topological polar surface area (TPSA) is 96.4 Å². The van der Waals surface area contributed by atoms with Crippen LogP contribution in [0.2, 0.25) is 0 Å². The summed E-state index contributed by atoms with van der Waals surface area (Å²) in [7, 11) is 0. The van der Waals surface area contributed by atoms with Crippen molar-refractivity contribution in [2.45, 2.75) is 19.9 Å². The number of H-pyrrole nitrogens is 1. The molecule has 0 bridgehead atoms. The van der Waals surface area contributed by atoms with Crippen molar-refractivity contribution in [1.29, 1.82) is 0 Å². The zero-order valence-corrected chi connectivity index (χ0v) is 17.2. The molecule has 0 saturated carbocycles. The molecule has 4 rings (SSSR count). The zero-order valence-electron chi connectivity index (χ0n) is 15.6. The van der Waals surface area contributed by atoms with Gasteiger partial charge in [0.25, 0.3) is 11.5 Å². The van der Waals surface area contributed by atoms with Crippen molar-refractivity contribution in [3.05, 3.63) is 61.5 Å². The highest BCUT2D eigenvalue weighted by atomic mass is 32.1. The van der Waals surface area contributed by atoms with Crippen LogP contribution in [0.3, 0.4) is 0 Å². The van der Waals surface area contributed by atoms with Gasteiger partial charge in [-0.25, -0.2) is 4.79 Å². The molecule has 3 heterocycles. The first-order chi connectivity index (χ1) is 14.0. The minimum absolute atomic E-state index is 0.104. The van der Waals surface area contributed by atoms with Gasteiger partial charge in [0.05, 0.1) is 18.5 Å². The van der Waals surface area contributed by atoms with E-state index in [2.05, 4.69) is 10.4 Å². The maximum absolute atomic E-state index is 13.1. The van der Waals surface area contributed by atoms with E-state index in [0.29, 0.717) is 41.9 Å². The van der Waals surface area contributed by atoms with Crippen molar-refractivity contribution in [3.63, 3.8) is 0 Å². The molecule has 2 amide bonds. The van der Waals surface area contributed by atoms with E-state index in [1.54, 1.807) is 42.2 Å². The number of fused-ring (bicyclic) bond motifs is 3. The second-order valence-corrected chi connectivity index (χ2v) is 7.95. The lowest BCUT2D eigenvalue weighted by Gasteiger charge is -2.25. The van der Waals surface area contributed by atoms with Gasteiger partial charge in [0.1, 0.15) is 4.83 Å². The van der Waals surface area contributed by atoms with Gasteiger partial charge < -0.3 is 14.6 Å². The first-order valence-corrected chi connectivity index (χ1v) is 10.3. The molecule has 1 aromatic carbocycles. The van der Waals surface area contributed by atoms with Crippen LogP contribution in [0.4, 0.5) is 4.79 Å². The Labute approximate surface area is 174 Å². The average molecular weight is 431 g/mol. The van der Waals surface area contributed by atoms with Crippen molar-refractivity contribution in [1.82, 2.24) is 14.6 Å². The number of amides is 2. The van der Waals surface area contributed by atoms with Gasteiger partial charge in [-0.2, -0.15) is 4.68 Å². The number of hydrogen-bond acceptors (Lipinski definition) is 6. The van der Waals surface area contributed by atoms with Gasteiger partial charge in [0.15, 0.2) is 0 Å². The van der Waals surface area contributed by atoms with E-state index in [9.17, 15) is 14.4 Å². The number of aromatic amines is 1. The molecule has 2 N–H and O–H groups in total. The fourth-order valence-electron chi connectivity index (χ4n) is 3.30. The summed E-state index contributed by atoms with van der Waals surface area (Å²) in [6.45, 7) is 2.92. The monoisotopic (exact) mass is 430 g/mol. The molecule has 1 aliphatic heterocycles. The smallest absolute Gasteiger partial charge is 0.410 e. The maximum Gasteiger partial charge on any atom is 0.410 e. The quantitative estimate of drug-likeness (QED) is 0.623. The number of carbonyl (C=O) groups excluding carboxylic acids is 2. The van der Waals surface area contributed by atoms with Crippen molar-refractivity contribution < 1.29 is 14.3 Å². The number of nitrogens with one attached hydrogen (secondary N) is 2. The van der Waals surface area contributed by atoms with Crippen LogP contribution in [0.15, 0.2) is 35.1 Å². The minimum atomic E-state index is -0.427. The van der Waals surface area contributed by atoms with Gasteiger partial charge in [0, 0.05) is 17.0 Å². The van der Waals surface area contributed by atoms with Crippen LogP contribution < -0.4 is 11.0 Å². The SMILES string of the molecule is CCOC(=O)N1CCc2c(sc3[nH]c(=S)n(NC(=O)c4ccccc4)c(=O)c23)C1. The Morgan fingerprint density at radius 1 is 1.31 bits per heavy atom. The van der Waals surface area contributed by atoms with Crippen LogP contribution in [0.1, 0.15) is 27.7 Å². The van der Waals surface area contributed by atoms with Crippen LogP contribution in [0.25, 0.3) is 10.2 Å². The van der Waals surface area contributed by atoms with Gasteiger partial charge in [-0.05, 0) is 43.3 Å². The van der Waals surface area contributed by atoms with E-state index < -0.39 is 5.91 Å². The number of thiophene rings is 1. The van der Waals surface area contributed by atoms with Crippen molar-refractivity contribution in [2.24, 2.45) is 0 Å². The highest BCUT2D eigenvalue weighted by Gasteiger charge is 2.27. The Morgan fingerprint density at radius 2 is 2.07 bits per heavy atom. The molecule has 0 fully saturated rings. The second-order valence-electron chi connectivity index (χ2n) is 6.46. The summed E-state index contributed by atoms with van der Waals surface area (Å²) in [6, 6.07) is 8.60. The normalized spacial score (nSPS) is 13.2. The molecular formula is C19H18N4O4S2. The number of hydrogen-bond donors (Lipinski definition) is 2. The highest BCUT2D eigenvalue weighted by Crippen LogP contribution is 2.32. The third-order valence-electron chi connectivity index (χ3n) is 4.67. The van der Waals surface area contributed by atoms with Gasteiger partial charge in [-0.3, -0.25) is 15.0 Å². The third-order valence-corrected chi connectivity index (χ3v) is 6.09. The molecule has 0 unspecified atom stereocenters. The van der Waals surface area contributed by atoms with E-state index in [0.717, 1.165) is 15.1 Å². The molecule has 10 heteroatoms. The van der Waals surface area contributed by atoms with E-state index in [1.807, 2.05) is 0 Å². The Bertz CT molecular complexity index is 1210. The van der Waals surface area contributed by atoms with Crippen LogP contribution in [0, 0.1) is 4.77 Å². The van der Waals surface area contributed by atoms with Crippen LogP contribution in [-0.2, 0) is 17.7 Å². The Hall–Kier alpha value is -2.98. The van der Waals surface area contributed by atoms with E-state index >= 15 is 0 Å². The van der Waals surface area contributed by atoms with Gasteiger partial charge in [-0.15, -0.1) is 11.3 Å². The predicted octanol–water partition coefficient (Wildman–Crippen LogP) is 3.02. The Balaban J connectivity index is 1.71. The summed E-state index contributed by atoms with van der Waals surface area (Å²) in [5, 5.41) is 0.496.